The molecule has 8 aromatic rings. The second-order valence-corrected chi connectivity index (χ2v) is 11.4. The highest BCUT2D eigenvalue weighted by Crippen LogP contribution is 2.46. The Morgan fingerprint density at radius 1 is 0.667 bits per heavy atom. The zero-order chi connectivity index (χ0) is 29.5. The average Bonchev–Trinajstić information content (AvgIpc) is 3.65. The third kappa shape index (κ3) is 3.40. The lowest BCUT2D eigenvalue weighted by atomic mass is 9.36. The molecule has 0 fully saturated rings. The number of aromatic nitrogens is 3. The summed E-state index contributed by atoms with van der Waals surface area (Å²) in [4.78, 5) is 11.0. The first-order valence-electron chi connectivity index (χ1n) is 15.0. The second-order valence-electron chi connectivity index (χ2n) is 11.4. The van der Waals surface area contributed by atoms with Crippen molar-refractivity contribution in [3.63, 3.8) is 0 Å². The van der Waals surface area contributed by atoms with E-state index < -0.39 is 0 Å². The molecule has 0 saturated heterocycles. The van der Waals surface area contributed by atoms with E-state index in [0.717, 1.165) is 84.1 Å². The summed E-state index contributed by atoms with van der Waals surface area (Å²) in [6.45, 7) is -0.181. The molecule has 0 spiro atoms. The highest BCUT2D eigenvalue weighted by molar-refractivity contribution is 7.00. The van der Waals surface area contributed by atoms with Crippen molar-refractivity contribution in [1.29, 1.82) is 0 Å². The molecular weight excluding hydrogens is 555 g/mol. The maximum absolute atomic E-state index is 6.96. The summed E-state index contributed by atoms with van der Waals surface area (Å²) in [5, 5.41) is 2.17. The van der Waals surface area contributed by atoms with E-state index in [0.29, 0.717) is 0 Å². The van der Waals surface area contributed by atoms with Crippen LogP contribution in [0.1, 0.15) is 0 Å². The van der Waals surface area contributed by atoms with Crippen LogP contribution in [0.15, 0.2) is 144 Å². The van der Waals surface area contributed by atoms with Crippen LogP contribution in [0.3, 0.4) is 0 Å². The monoisotopic (exact) mass is 578 g/mol. The molecule has 5 aromatic carbocycles. The van der Waals surface area contributed by atoms with Gasteiger partial charge in [-0.05, 0) is 72.1 Å². The number of para-hydroxylation sites is 3. The molecule has 2 aliphatic heterocycles. The van der Waals surface area contributed by atoms with Gasteiger partial charge in [0.2, 0.25) is 5.88 Å². The van der Waals surface area contributed by atoms with Crippen LogP contribution in [-0.4, -0.2) is 21.2 Å². The summed E-state index contributed by atoms with van der Waals surface area (Å²) in [6, 6.07) is 44.1. The van der Waals surface area contributed by atoms with E-state index in [1.807, 2.05) is 18.2 Å². The number of nitrogens with zero attached hydrogens (tertiary/aromatic N) is 4. The topological polar surface area (TPSA) is 56.3 Å². The first kappa shape index (κ1) is 24.4. The molecule has 10 rings (SSSR count). The second kappa shape index (κ2) is 9.21. The zero-order valence-electron chi connectivity index (χ0n) is 24.0. The third-order valence-electron chi connectivity index (χ3n) is 9.02. The molecular formula is C38H23BN4O2. The normalized spacial score (nSPS) is 13.0. The fourth-order valence-corrected chi connectivity index (χ4v) is 7.19. The van der Waals surface area contributed by atoms with Crippen LogP contribution >= 0.6 is 0 Å². The number of hydrogen-bond donors (Lipinski definition) is 0. The molecule has 6 nitrogen and oxygen atoms in total. The molecule has 0 amide bonds. The summed E-state index contributed by atoms with van der Waals surface area (Å²) in [6.07, 6.45) is 3.36. The average molecular weight is 578 g/mol. The molecule has 0 atom stereocenters. The molecule has 7 heteroatoms. The molecule has 0 radical (unpaired) electrons. The molecule has 0 unspecified atom stereocenters. The van der Waals surface area contributed by atoms with E-state index in [-0.39, 0.29) is 6.71 Å². The Bertz CT molecular complexity index is 2420. The van der Waals surface area contributed by atoms with E-state index in [1.165, 1.54) is 0 Å². The quantitative estimate of drug-likeness (QED) is 0.207. The van der Waals surface area contributed by atoms with Crippen molar-refractivity contribution in [3.8, 4) is 28.6 Å². The van der Waals surface area contributed by atoms with Crippen LogP contribution in [0.25, 0.3) is 38.8 Å². The maximum atomic E-state index is 6.96. The smallest absolute Gasteiger partial charge is 0.304 e. The van der Waals surface area contributed by atoms with Crippen LogP contribution in [-0.2, 0) is 0 Å². The zero-order valence-corrected chi connectivity index (χ0v) is 24.0. The standard InChI is InChI=1S/C38H23BN4O2/c1-3-10-25(11-4-1)42-31-16-9-17-33-35(31)39(37-36(42)28-22-24(18-19-32(28)44-37)29-20-21-40-23-41-29)34-27-14-7-8-15-30(27)43(38(34)45-33)26-12-5-2-6-13-26/h1-23H. The minimum atomic E-state index is -0.181. The number of ether oxygens (including phenoxy) is 1. The van der Waals surface area contributed by atoms with Gasteiger partial charge in [0.1, 0.15) is 23.3 Å². The Labute approximate surface area is 258 Å². The molecule has 3 aromatic heterocycles. The van der Waals surface area contributed by atoms with Crippen LogP contribution in [0.2, 0.25) is 0 Å². The van der Waals surface area contributed by atoms with Gasteiger partial charge in [0.15, 0.2) is 0 Å². The first-order valence-corrected chi connectivity index (χ1v) is 15.0. The fourth-order valence-electron chi connectivity index (χ4n) is 7.19. The van der Waals surface area contributed by atoms with Gasteiger partial charge in [-0.15, -0.1) is 0 Å². The maximum Gasteiger partial charge on any atom is 0.304 e. The minimum absolute atomic E-state index is 0.181. The fraction of sp³-hybridized carbons (Fsp3) is 0. The van der Waals surface area contributed by atoms with Crippen molar-refractivity contribution in [1.82, 2.24) is 14.5 Å². The molecule has 0 aliphatic carbocycles. The number of hydrogen-bond acceptors (Lipinski definition) is 5. The van der Waals surface area contributed by atoms with Crippen molar-refractivity contribution >= 4 is 62.2 Å². The van der Waals surface area contributed by atoms with Crippen molar-refractivity contribution < 1.29 is 9.15 Å². The number of fused-ring (bicyclic) bond motifs is 8. The summed E-state index contributed by atoms with van der Waals surface area (Å²) in [5.41, 5.74) is 11.1. The van der Waals surface area contributed by atoms with Gasteiger partial charge >= 0.3 is 6.71 Å². The molecule has 0 N–H and O–H groups in total. The van der Waals surface area contributed by atoms with Gasteiger partial charge in [0.25, 0.3) is 0 Å². The summed E-state index contributed by atoms with van der Waals surface area (Å²) >= 11 is 0. The van der Waals surface area contributed by atoms with Crippen molar-refractivity contribution in [2.24, 2.45) is 0 Å². The van der Waals surface area contributed by atoms with E-state index >= 15 is 0 Å². The van der Waals surface area contributed by atoms with Gasteiger partial charge in [-0.25, -0.2) is 9.97 Å². The van der Waals surface area contributed by atoms with Gasteiger partial charge in [-0.3, -0.25) is 4.57 Å². The summed E-state index contributed by atoms with van der Waals surface area (Å²) in [5.74, 6) is 1.65. The Hall–Kier alpha value is -6.08. The van der Waals surface area contributed by atoms with Crippen LogP contribution in [0, 0.1) is 0 Å². The van der Waals surface area contributed by atoms with Gasteiger partial charge in [-0.2, -0.15) is 0 Å². The number of benzene rings is 5. The van der Waals surface area contributed by atoms with Gasteiger partial charge in [0, 0.05) is 45.1 Å². The summed E-state index contributed by atoms with van der Waals surface area (Å²) in [7, 11) is 0. The molecule has 0 bridgehead atoms. The van der Waals surface area contributed by atoms with Crippen molar-refractivity contribution in [3.05, 3.63) is 140 Å². The van der Waals surface area contributed by atoms with Crippen molar-refractivity contribution in [2.75, 3.05) is 4.90 Å². The van der Waals surface area contributed by atoms with E-state index in [2.05, 4.69) is 129 Å². The van der Waals surface area contributed by atoms with Crippen LogP contribution in [0.5, 0.6) is 11.6 Å². The summed E-state index contributed by atoms with van der Waals surface area (Å²) < 4.78 is 16.1. The molecule has 5 heterocycles. The van der Waals surface area contributed by atoms with Crippen molar-refractivity contribution in [2.45, 2.75) is 0 Å². The number of furan rings is 1. The molecule has 2 aliphatic rings. The SMILES string of the molecule is c1ccc(N2c3cccc4c3B(c3oc5ccc(-c6ccncn6)cc5c32)c2c(n(-c3ccccc3)c3ccccc23)O4)cc1. The highest BCUT2D eigenvalue weighted by atomic mass is 16.5. The molecule has 0 saturated carbocycles. The van der Waals surface area contributed by atoms with Gasteiger partial charge < -0.3 is 14.1 Å². The lowest BCUT2D eigenvalue weighted by molar-refractivity contribution is 0.459. The third-order valence-corrected chi connectivity index (χ3v) is 9.02. The number of rotatable bonds is 3. The lowest BCUT2D eigenvalue weighted by Gasteiger charge is -2.37. The van der Waals surface area contributed by atoms with E-state index in [4.69, 9.17) is 9.15 Å². The first-order chi connectivity index (χ1) is 22.3. The Balaban J connectivity index is 1.32. The Morgan fingerprint density at radius 2 is 1.47 bits per heavy atom. The predicted molar refractivity (Wildman–Crippen MR) is 180 cm³/mol. The minimum Gasteiger partial charge on any atom is -0.468 e. The Kier molecular flexibility index (Phi) is 4.99. The van der Waals surface area contributed by atoms with Gasteiger partial charge in [0.05, 0.1) is 16.9 Å². The van der Waals surface area contributed by atoms with E-state index in [1.54, 1.807) is 12.5 Å². The molecule has 45 heavy (non-hydrogen) atoms. The predicted octanol–water partition coefficient (Wildman–Crippen LogP) is 7.24. The van der Waals surface area contributed by atoms with E-state index in [9.17, 15) is 0 Å². The molecule has 210 valence electrons. The highest BCUT2D eigenvalue weighted by Gasteiger charge is 2.47. The lowest BCUT2D eigenvalue weighted by Crippen LogP contribution is -2.59. The van der Waals surface area contributed by atoms with Crippen LogP contribution in [0.4, 0.5) is 17.1 Å². The number of anilines is 3. The van der Waals surface area contributed by atoms with Crippen LogP contribution < -0.4 is 26.2 Å². The largest absolute Gasteiger partial charge is 0.468 e. The van der Waals surface area contributed by atoms with Gasteiger partial charge in [-0.1, -0.05) is 60.7 Å². The Morgan fingerprint density at radius 3 is 2.29 bits per heavy atom.